The SMILES string of the molecule is CC(C)C[C@@H](CO)N1CCc2c(oc3c2C(=O)C(=O)c2ccccc2-3)C1. The molecular weight excluding hydrogens is 330 g/mol. The van der Waals surface area contributed by atoms with Gasteiger partial charge in [-0.25, -0.2) is 0 Å². The maximum absolute atomic E-state index is 12.7. The Labute approximate surface area is 152 Å². The van der Waals surface area contributed by atoms with E-state index in [1.165, 1.54) is 0 Å². The van der Waals surface area contributed by atoms with E-state index in [1.807, 2.05) is 12.1 Å². The highest BCUT2D eigenvalue weighted by molar-refractivity contribution is 6.53. The second kappa shape index (κ2) is 6.49. The molecule has 0 saturated carbocycles. The standard InChI is InChI=1S/C21H23NO4/c1-12(2)9-13(11-23)22-8-7-16-17(10-22)26-21-15-6-4-3-5-14(15)19(24)20(25)18(16)21/h3-6,12-13,23H,7-11H2,1-2H3/t13-/m0/s1. The van der Waals surface area contributed by atoms with Gasteiger partial charge in [-0.1, -0.05) is 38.1 Å². The number of aliphatic hydroxyl groups is 1. The third-order valence-electron chi connectivity index (χ3n) is 5.41. The summed E-state index contributed by atoms with van der Waals surface area (Å²) < 4.78 is 6.11. The first kappa shape index (κ1) is 17.2. The third kappa shape index (κ3) is 2.63. The highest BCUT2D eigenvalue weighted by atomic mass is 16.3. The Morgan fingerprint density at radius 3 is 2.58 bits per heavy atom. The molecule has 1 aromatic heterocycles. The zero-order valence-corrected chi connectivity index (χ0v) is 15.1. The first-order chi connectivity index (χ1) is 12.5. The Morgan fingerprint density at radius 1 is 1.15 bits per heavy atom. The van der Waals surface area contributed by atoms with Crippen LogP contribution in [0.1, 0.15) is 52.3 Å². The monoisotopic (exact) mass is 353 g/mol. The van der Waals surface area contributed by atoms with Gasteiger partial charge in [0, 0.05) is 29.3 Å². The van der Waals surface area contributed by atoms with E-state index in [0.29, 0.717) is 41.3 Å². The quantitative estimate of drug-likeness (QED) is 0.856. The van der Waals surface area contributed by atoms with Crippen LogP contribution < -0.4 is 0 Å². The van der Waals surface area contributed by atoms with Crippen LogP contribution in [0, 0.1) is 5.92 Å². The predicted molar refractivity (Wildman–Crippen MR) is 97.2 cm³/mol. The summed E-state index contributed by atoms with van der Waals surface area (Å²) in [6.45, 7) is 5.70. The van der Waals surface area contributed by atoms with Crippen molar-refractivity contribution in [1.29, 1.82) is 0 Å². The molecule has 2 aromatic rings. The molecule has 0 amide bonds. The number of Topliss-reactive ketones (excluding diaryl/α,β-unsaturated/α-hetero) is 2. The average molecular weight is 353 g/mol. The molecule has 1 atom stereocenters. The molecule has 1 aliphatic heterocycles. The molecule has 0 saturated heterocycles. The Hall–Kier alpha value is -2.24. The number of fused-ring (bicyclic) bond motifs is 5. The number of hydrogen-bond acceptors (Lipinski definition) is 5. The maximum atomic E-state index is 12.7. The van der Waals surface area contributed by atoms with Gasteiger partial charge in [-0.3, -0.25) is 14.5 Å². The lowest BCUT2D eigenvalue weighted by atomic mass is 9.85. The summed E-state index contributed by atoms with van der Waals surface area (Å²) in [5, 5.41) is 9.77. The molecule has 0 spiro atoms. The van der Waals surface area contributed by atoms with Crippen LogP contribution >= 0.6 is 0 Å². The van der Waals surface area contributed by atoms with Gasteiger partial charge in [-0.05, 0) is 18.8 Å². The topological polar surface area (TPSA) is 70.8 Å². The van der Waals surface area contributed by atoms with Gasteiger partial charge in [0.25, 0.3) is 0 Å². The van der Waals surface area contributed by atoms with Crippen molar-refractivity contribution in [2.75, 3.05) is 13.2 Å². The van der Waals surface area contributed by atoms with Crippen molar-refractivity contribution in [2.45, 2.75) is 39.3 Å². The molecule has 1 aliphatic carbocycles. The Balaban J connectivity index is 1.73. The number of nitrogens with zero attached hydrogens (tertiary/aromatic N) is 1. The van der Waals surface area contributed by atoms with Gasteiger partial charge < -0.3 is 9.52 Å². The number of carbonyl (C=O) groups excluding carboxylic acids is 2. The van der Waals surface area contributed by atoms with E-state index in [4.69, 9.17) is 4.42 Å². The molecule has 0 unspecified atom stereocenters. The third-order valence-corrected chi connectivity index (χ3v) is 5.41. The minimum absolute atomic E-state index is 0.0786. The van der Waals surface area contributed by atoms with Crippen LogP contribution in [0.3, 0.4) is 0 Å². The normalized spacial score (nSPS) is 17.8. The summed E-state index contributed by atoms with van der Waals surface area (Å²) in [4.78, 5) is 27.4. The fraction of sp³-hybridized carbons (Fsp3) is 0.429. The summed E-state index contributed by atoms with van der Waals surface area (Å²) in [5.41, 5.74) is 2.44. The van der Waals surface area contributed by atoms with Crippen LogP contribution in [-0.2, 0) is 13.0 Å². The number of rotatable bonds is 4. The van der Waals surface area contributed by atoms with Crippen molar-refractivity contribution in [2.24, 2.45) is 5.92 Å². The molecule has 5 nitrogen and oxygen atoms in total. The van der Waals surface area contributed by atoms with Gasteiger partial charge in [-0.15, -0.1) is 0 Å². The van der Waals surface area contributed by atoms with Crippen molar-refractivity contribution >= 4 is 11.6 Å². The van der Waals surface area contributed by atoms with E-state index in [2.05, 4.69) is 18.7 Å². The van der Waals surface area contributed by atoms with Gasteiger partial charge in [-0.2, -0.15) is 0 Å². The lowest BCUT2D eigenvalue weighted by Crippen LogP contribution is -2.42. The maximum Gasteiger partial charge on any atom is 0.237 e. The van der Waals surface area contributed by atoms with Crippen LogP contribution in [0.2, 0.25) is 0 Å². The van der Waals surface area contributed by atoms with Crippen LogP contribution in [0.4, 0.5) is 0 Å². The van der Waals surface area contributed by atoms with E-state index in [-0.39, 0.29) is 12.6 Å². The van der Waals surface area contributed by atoms with Crippen LogP contribution in [-0.4, -0.2) is 40.8 Å². The van der Waals surface area contributed by atoms with Crippen LogP contribution in [0.15, 0.2) is 28.7 Å². The summed E-state index contributed by atoms with van der Waals surface area (Å²) in [7, 11) is 0. The van der Waals surface area contributed by atoms with Gasteiger partial charge in [0.1, 0.15) is 11.5 Å². The second-order valence-corrected chi connectivity index (χ2v) is 7.60. The lowest BCUT2D eigenvalue weighted by molar-refractivity contribution is 0.0812. The van der Waals surface area contributed by atoms with E-state index >= 15 is 0 Å². The number of carbonyl (C=O) groups is 2. The fourth-order valence-electron chi connectivity index (χ4n) is 4.16. The molecule has 0 fully saturated rings. The largest absolute Gasteiger partial charge is 0.459 e. The molecule has 2 aliphatic rings. The van der Waals surface area contributed by atoms with Gasteiger partial charge in [0.05, 0.1) is 18.7 Å². The highest BCUT2D eigenvalue weighted by Crippen LogP contribution is 2.40. The summed E-state index contributed by atoms with van der Waals surface area (Å²) in [6.07, 6.45) is 1.57. The molecule has 4 rings (SSSR count). The van der Waals surface area contributed by atoms with Gasteiger partial charge in [0.2, 0.25) is 11.6 Å². The van der Waals surface area contributed by atoms with Crippen molar-refractivity contribution in [1.82, 2.24) is 4.90 Å². The molecule has 136 valence electrons. The Morgan fingerprint density at radius 2 is 1.88 bits per heavy atom. The zero-order valence-electron chi connectivity index (χ0n) is 15.1. The molecule has 0 bridgehead atoms. The summed E-state index contributed by atoms with van der Waals surface area (Å²) in [6, 6.07) is 7.20. The van der Waals surface area contributed by atoms with E-state index < -0.39 is 11.6 Å². The van der Waals surface area contributed by atoms with Gasteiger partial charge >= 0.3 is 0 Å². The molecule has 1 N–H and O–H groups in total. The number of aliphatic hydroxyl groups excluding tert-OH is 1. The highest BCUT2D eigenvalue weighted by Gasteiger charge is 2.39. The van der Waals surface area contributed by atoms with Crippen molar-refractivity contribution in [3.8, 4) is 11.3 Å². The molecule has 1 aromatic carbocycles. The van der Waals surface area contributed by atoms with Crippen molar-refractivity contribution in [3.05, 3.63) is 46.7 Å². The first-order valence-electron chi connectivity index (χ1n) is 9.19. The molecular formula is C21H23NO4. The summed E-state index contributed by atoms with van der Waals surface area (Å²) in [5.74, 6) is 0.859. The van der Waals surface area contributed by atoms with Crippen LogP contribution in [0.25, 0.3) is 11.3 Å². The van der Waals surface area contributed by atoms with Gasteiger partial charge in [0.15, 0.2) is 0 Å². The van der Waals surface area contributed by atoms with Crippen molar-refractivity contribution in [3.63, 3.8) is 0 Å². The number of benzene rings is 1. The minimum Gasteiger partial charge on any atom is -0.459 e. The molecule has 0 radical (unpaired) electrons. The second-order valence-electron chi connectivity index (χ2n) is 7.60. The van der Waals surface area contributed by atoms with Crippen LogP contribution in [0.5, 0.6) is 0 Å². The molecule has 2 heterocycles. The number of hydrogen-bond donors (Lipinski definition) is 1. The molecule has 5 heteroatoms. The van der Waals surface area contributed by atoms with E-state index in [0.717, 1.165) is 24.3 Å². The summed E-state index contributed by atoms with van der Waals surface area (Å²) >= 11 is 0. The number of furan rings is 1. The van der Waals surface area contributed by atoms with Crippen molar-refractivity contribution < 1.29 is 19.1 Å². The van der Waals surface area contributed by atoms with E-state index in [1.54, 1.807) is 12.1 Å². The lowest BCUT2D eigenvalue weighted by Gasteiger charge is -2.33. The van der Waals surface area contributed by atoms with E-state index in [9.17, 15) is 14.7 Å². The Kier molecular flexibility index (Phi) is 4.29. The smallest absolute Gasteiger partial charge is 0.237 e. The Bertz CT molecular complexity index is 880. The average Bonchev–Trinajstić information content (AvgIpc) is 3.03. The first-order valence-corrected chi connectivity index (χ1v) is 9.19. The zero-order chi connectivity index (χ0) is 18.4. The minimum atomic E-state index is -0.460. The fourth-order valence-corrected chi connectivity index (χ4v) is 4.16. The predicted octanol–water partition coefficient (Wildman–Crippen LogP) is 3.09. The number of ketones is 2. The molecule has 26 heavy (non-hydrogen) atoms.